The number of rotatable bonds is 3. The fourth-order valence-corrected chi connectivity index (χ4v) is 2.21. The number of ether oxygens (including phenoxy) is 1. The van der Waals surface area contributed by atoms with Crippen LogP contribution < -0.4 is 10.5 Å². The van der Waals surface area contributed by atoms with E-state index >= 15 is 0 Å². The van der Waals surface area contributed by atoms with E-state index in [0.29, 0.717) is 15.6 Å². The summed E-state index contributed by atoms with van der Waals surface area (Å²) in [4.78, 5) is 11.3. The third-order valence-electron chi connectivity index (χ3n) is 2.63. The molecule has 0 bridgehead atoms. The Balaban J connectivity index is 2.41. The van der Waals surface area contributed by atoms with E-state index in [2.05, 4.69) is 20.7 Å². The highest BCUT2D eigenvalue weighted by molar-refractivity contribution is 9.10. The molecule has 0 radical (unpaired) electrons. The molecule has 21 heavy (non-hydrogen) atoms. The van der Waals surface area contributed by atoms with Crippen molar-refractivity contribution in [1.82, 2.24) is 0 Å². The molecule has 0 unspecified atom stereocenters. The molecule has 0 heterocycles. The number of carbonyl (C=O) groups is 1. The summed E-state index contributed by atoms with van der Waals surface area (Å²) in [6.45, 7) is 0. The summed E-state index contributed by atoms with van der Waals surface area (Å²) in [5.41, 5.74) is 6.51. The van der Waals surface area contributed by atoms with Crippen molar-refractivity contribution in [1.29, 1.82) is 0 Å². The van der Waals surface area contributed by atoms with Crippen LogP contribution in [0.5, 0.6) is 5.75 Å². The Morgan fingerprint density at radius 2 is 1.76 bits per heavy atom. The van der Waals surface area contributed by atoms with E-state index in [1.54, 1.807) is 18.2 Å². The van der Waals surface area contributed by atoms with E-state index in [-0.39, 0.29) is 11.3 Å². The lowest BCUT2D eigenvalue weighted by Crippen LogP contribution is -2.17. The van der Waals surface area contributed by atoms with E-state index in [1.165, 1.54) is 24.3 Å². The molecule has 2 rings (SSSR count). The van der Waals surface area contributed by atoms with Gasteiger partial charge in [0.25, 0.3) is 0 Å². The number of carbonyl (C=O) groups excluding carboxylic acids is 1. The van der Waals surface area contributed by atoms with Crippen molar-refractivity contribution in [3.8, 4) is 16.9 Å². The molecule has 0 aliphatic carbocycles. The van der Waals surface area contributed by atoms with E-state index < -0.39 is 12.3 Å². The van der Waals surface area contributed by atoms with E-state index in [1.807, 2.05) is 0 Å². The second-order valence-electron chi connectivity index (χ2n) is 4.13. The van der Waals surface area contributed by atoms with Crippen LogP contribution in [0.15, 0.2) is 46.9 Å². The Labute approximate surface area is 126 Å². The number of benzene rings is 2. The standard InChI is InChI=1S/C14H9BrF3NO2/c15-12-5-4-9(7-11(12)13(19)20)8-2-1-3-10(6-8)21-14(16,17)18/h1-7H,(H2,19,20). The van der Waals surface area contributed by atoms with Gasteiger partial charge >= 0.3 is 6.36 Å². The number of primary amides is 1. The number of nitrogens with two attached hydrogens (primary N) is 1. The summed E-state index contributed by atoms with van der Waals surface area (Å²) >= 11 is 3.18. The third kappa shape index (κ3) is 3.98. The average molecular weight is 360 g/mol. The highest BCUT2D eigenvalue weighted by Crippen LogP contribution is 2.30. The molecule has 0 aliphatic heterocycles. The monoisotopic (exact) mass is 359 g/mol. The van der Waals surface area contributed by atoms with Crippen LogP contribution in [-0.2, 0) is 0 Å². The van der Waals surface area contributed by atoms with Gasteiger partial charge in [0.15, 0.2) is 0 Å². The molecule has 3 nitrogen and oxygen atoms in total. The van der Waals surface area contributed by atoms with Gasteiger partial charge in [-0.1, -0.05) is 18.2 Å². The predicted octanol–water partition coefficient (Wildman–Crippen LogP) is 4.11. The number of halogens is 4. The molecule has 2 aromatic rings. The third-order valence-corrected chi connectivity index (χ3v) is 3.32. The zero-order valence-corrected chi connectivity index (χ0v) is 12.0. The molecule has 0 saturated carbocycles. The molecule has 0 spiro atoms. The van der Waals surface area contributed by atoms with Gasteiger partial charge in [-0.2, -0.15) is 0 Å². The van der Waals surface area contributed by atoms with Crippen LogP contribution in [0.25, 0.3) is 11.1 Å². The maximum atomic E-state index is 12.2. The SMILES string of the molecule is NC(=O)c1cc(-c2cccc(OC(F)(F)F)c2)ccc1Br. The van der Waals surface area contributed by atoms with Crippen molar-refractivity contribution in [3.63, 3.8) is 0 Å². The molecule has 110 valence electrons. The molecule has 0 atom stereocenters. The van der Waals surface area contributed by atoms with Crippen molar-refractivity contribution < 1.29 is 22.7 Å². The summed E-state index contributed by atoms with van der Waals surface area (Å²) in [5.74, 6) is -0.963. The maximum Gasteiger partial charge on any atom is 0.573 e. The average Bonchev–Trinajstić information content (AvgIpc) is 2.37. The number of hydrogen-bond donors (Lipinski definition) is 1. The first-order valence-corrected chi connectivity index (χ1v) is 6.51. The van der Waals surface area contributed by atoms with Gasteiger partial charge in [0.05, 0.1) is 5.56 Å². The van der Waals surface area contributed by atoms with Crippen LogP contribution in [0.2, 0.25) is 0 Å². The fourth-order valence-electron chi connectivity index (χ4n) is 1.77. The van der Waals surface area contributed by atoms with Crippen molar-refractivity contribution >= 4 is 21.8 Å². The molecule has 0 aromatic heterocycles. The normalized spacial score (nSPS) is 11.2. The molecule has 1 amide bonds. The van der Waals surface area contributed by atoms with Crippen LogP contribution >= 0.6 is 15.9 Å². The Bertz CT molecular complexity index is 686. The highest BCUT2D eigenvalue weighted by atomic mass is 79.9. The van der Waals surface area contributed by atoms with Crippen molar-refractivity contribution in [3.05, 3.63) is 52.5 Å². The van der Waals surface area contributed by atoms with Gasteiger partial charge in [-0.25, -0.2) is 0 Å². The number of amides is 1. The summed E-state index contributed by atoms with van der Waals surface area (Å²) < 4.78 is 41.0. The quantitative estimate of drug-likeness (QED) is 0.896. The fraction of sp³-hybridized carbons (Fsp3) is 0.0714. The second-order valence-corrected chi connectivity index (χ2v) is 4.99. The van der Waals surface area contributed by atoms with Crippen LogP contribution in [0, 0.1) is 0 Å². The Hall–Kier alpha value is -2.02. The lowest BCUT2D eigenvalue weighted by atomic mass is 10.0. The molecular weight excluding hydrogens is 351 g/mol. The molecular formula is C14H9BrF3NO2. The minimum absolute atomic E-state index is 0.245. The van der Waals surface area contributed by atoms with Crippen molar-refractivity contribution in [2.24, 2.45) is 5.73 Å². The number of alkyl halides is 3. The van der Waals surface area contributed by atoms with Gasteiger partial charge in [0.2, 0.25) is 5.91 Å². The molecule has 7 heteroatoms. The van der Waals surface area contributed by atoms with Gasteiger partial charge in [0, 0.05) is 4.47 Å². The van der Waals surface area contributed by atoms with Gasteiger partial charge in [-0.05, 0) is 51.3 Å². The minimum Gasteiger partial charge on any atom is -0.406 e. The smallest absolute Gasteiger partial charge is 0.406 e. The summed E-state index contributed by atoms with van der Waals surface area (Å²) in [6.07, 6.45) is -4.75. The van der Waals surface area contributed by atoms with Crippen LogP contribution in [0.3, 0.4) is 0 Å². The first kappa shape index (κ1) is 15.4. The van der Waals surface area contributed by atoms with E-state index in [0.717, 1.165) is 0 Å². The van der Waals surface area contributed by atoms with Crippen LogP contribution in [0.1, 0.15) is 10.4 Å². The molecule has 0 fully saturated rings. The maximum absolute atomic E-state index is 12.2. The van der Waals surface area contributed by atoms with Crippen molar-refractivity contribution in [2.45, 2.75) is 6.36 Å². The zero-order chi connectivity index (χ0) is 15.6. The summed E-state index contributed by atoms with van der Waals surface area (Å²) in [5, 5.41) is 0. The first-order chi connectivity index (χ1) is 9.76. The Kier molecular flexibility index (Phi) is 4.22. The van der Waals surface area contributed by atoms with Crippen LogP contribution in [0.4, 0.5) is 13.2 Å². The predicted molar refractivity (Wildman–Crippen MR) is 74.8 cm³/mol. The van der Waals surface area contributed by atoms with Gasteiger partial charge in [-0.15, -0.1) is 13.2 Å². The first-order valence-electron chi connectivity index (χ1n) is 5.72. The van der Waals surface area contributed by atoms with Crippen molar-refractivity contribution in [2.75, 3.05) is 0 Å². The topological polar surface area (TPSA) is 52.3 Å². The largest absolute Gasteiger partial charge is 0.573 e. The second kappa shape index (κ2) is 5.77. The molecule has 0 aliphatic rings. The molecule has 0 saturated heterocycles. The molecule has 2 aromatic carbocycles. The van der Waals surface area contributed by atoms with Gasteiger partial charge < -0.3 is 10.5 Å². The Morgan fingerprint density at radius 1 is 1.10 bits per heavy atom. The zero-order valence-electron chi connectivity index (χ0n) is 10.4. The lowest BCUT2D eigenvalue weighted by molar-refractivity contribution is -0.274. The van der Waals surface area contributed by atoms with Gasteiger partial charge in [-0.3, -0.25) is 4.79 Å². The highest BCUT2D eigenvalue weighted by Gasteiger charge is 2.31. The molecule has 2 N–H and O–H groups in total. The number of hydrogen-bond acceptors (Lipinski definition) is 2. The van der Waals surface area contributed by atoms with E-state index in [9.17, 15) is 18.0 Å². The summed E-state index contributed by atoms with van der Waals surface area (Å²) in [7, 11) is 0. The summed E-state index contributed by atoms with van der Waals surface area (Å²) in [6, 6.07) is 10.2. The van der Waals surface area contributed by atoms with E-state index in [4.69, 9.17) is 5.73 Å². The van der Waals surface area contributed by atoms with Gasteiger partial charge in [0.1, 0.15) is 5.75 Å². The Morgan fingerprint density at radius 3 is 2.38 bits per heavy atom. The minimum atomic E-state index is -4.75. The van der Waals surface area contributed by atoms with Crippen LogP contribution in [-0.4, -0.2) is 12.3 Å². The lowest BCUT2D eigenvalue weighted by Gasteiger charge is -2.11.